The number of non-ortho nitro benzene ring substituents is 1. The Hall–Kier alpha value is -3.14. The zero-order valence-electron chi connectivity index (χ0n) is 18.6. The van der Waals surface area contributed by atoms with E-state index in [2.05, 4.69) is 36.0 Å². The molecule has 32 heavy (non-hydrogen) atoms. The molecule has 3 rings (SSSR count). The van der Waals surface area contributed by atoms with Crippen molar-refractivity contribution in [3.63, 3.8) is 0 Å². The third kappa shape index (κ3) is 5.56. The predicted octanol–water partition coefficient (Wildman–Crippen LogP) is 5.02. The number of methoxy groups -OCH3 is 1. The molecule has 0 saturated heterocycles. The van der Waals surface area contributed by atoms with E-state index in [0.717, 1.165) is 31.0 Å². The number of nitrogens with one attached hydrogen (secondary N) is 2. The second-order valence-corrected chi connectivity index (χ2v) is 10.5. The van der Waals surface area contributed by atoms with Gasteiger partial charge in [0, 0.05) is 17.8 Å². The first-order valence-corrected chi connectivity index (χ1v) is 11.7. The maximum atomic E-state index is 13.2. The highest BCUT2D eigenvalue weighted by molar-refractivity contribution is 7.93. The molecule has 2 aromatic rings. The van der Waals surface area contributed by atoms with Crippen LogP contribution in [0.2, 0.25) is 0 Å². The Bertz CT molecular complexity index is 1140. The number of benzene rings is 2. The van der Waals surface area contributed by atoms with E-state index in [1.807, 2.05) is 0 Å². The molecule has 1 saturated carbocycles. The monoisotopic (exact) mass is 460 g/mol. The van der Waals surface area contributed by atoms with Crippen molar-refractivity contribution in [1.29, 1.82) is 0 Å². The summed E-state index contributed by atoms with van der Waals surface area (Å²) in [7, 11) is -2.76. The molecule has 10 heteroatoms. The Kier molecular flexibility index (Phi) is 6.73. The summed E-state index contributed by atoms with van der Waals surface area (Å²) in [6.07, 6.45) is 2.69. The molecular weight excluding hydrogens is 432 g/mol. The molecule has 2 N–H and O–H groups in total. The average molecular weight is 461 g/mol. The van der Waals surface area contributed by atoms with Crippen LogP contribution in [0.4, 0.5) is 17.1 Å². The molecule has 2 aromatic carbocycles. The number of nitro benzene ring substituents is 1. The average Bonchev–Trinajstić information content (AvgIpc) is 2.70. The van der Waals surface area contributed by atoms with Crippen LogP contribution in [0.15, 0.2) is 52.5 Å². The minimum atomic E-state index is -4.19. The topological polar surface area (TPSA) is 123 Å². The van der Waals surface area contributed by atoms with Gasteiger partial charge >= 0.3 is 0 Å². The maximum Gasteiger partial charge on any atom is 0.270 e. The van der Waals surface area contributed by atoms with Gasteiger partial charge in [0.05, 0.1) is 23.4 Å². The smallest absolute Gasteiger partial charge is 0.270 e. The van der Waals surface area contributed by atoms with Crippen molar-refractivity contribution in [2.45, 2.75) is 44.9 Å². The second-order valence-electron chi connectivity index (χ2n) is 8.89. The summed E-state index contributed by atoms with van der Waals surface area (Å²) in [6, 6.07) is 10.2. The highest BCUT2D eigenvalue weighted by Gasteiger charge is 2.30. The highest BCUT2D eigenvalue weighted by atomic mass is 32.2. The van der Waals surface area contributed by atoms with Crippen molar-refractivity contribution >= 4 is 32.8 Å². The minimum Gasteiger partial charge on any atom is -0.495 e. The molecule has 1 aliphatic carbocycles. The SMILES string of the molecule is COc1ccccc1NS(=O)(=O)c1cc([N+](=O)[O-])ccc1NN=C1CC(C)CC(C)(C)C1. The number of nitrogens with zero attached hydrogens (tertiary/aromatic N) is 2. The molecule has 0 radical (unpaired) electrons. The Morgan fingerprint density at radius 2 is 1.91 bits per heavy atom. The Morgan fingerprint density at radius 3 is 2.56 bits per heavy atom. The van der Waals surface area contributed by atoms with Crippen molar-refractivity contribution in [2.24, 2.45) is 16.4 Å². The van der Waals surface area contributed by atoms with Gasteiger partial charge in [0.15, 0.2) is 0 Å². The maximum absolute atomic E-state index is 13.2. The fourth-order valence-electron chi connectivity index (χ4n) is 4.21. The number of hydrogen-bond acceptors (Lipinski definition) is 7. The standard InChI is InChI=1S/C22H28N4O5S/c1-15-11-16(14-22(2,3)13-15)23-24-19-10-9-17(26(27)28)12-21(19)32(29,30)25-18-7-5-6-8-20(18)31-4/h5-10,12,15,24-25H,11,13-14H2,1-4H3. The number of rotatable bonds is 7. The first-order chi connectivity index (χ1) is 15.0. The summed E-state index contributed by atoms with van der Waals surface area (Å²) in [6.45, 7) is 6.52. The van der Waals surface area contributed by atoms with Crippen LogP contribution in [-0.2, 0) is 10.0 Å². The van der Waals surface area contributed by atoms with Gasteiger partial charge in [0.2, 0.25) is 0 Å². The van der Waals surface area contributed by atoms with Gasteiger partial charge in [-0.15, -0.1) is 0 Å². The van der Waals surface area contributed by atoms with E-state index in [9.17, 15) is 18.5 Å². The predicted molar refractivity (Wildman–Crippen MR) is 125 cm³/mol. The Balaban J connectivity index is 1.98. The molecule has 1 atom stereocenters. The van der Waals surface area contributed by atoms with Crippen molar-refractivity contribution in [3.8, 4) is 5.75 Å². The van der Waals surface area contributed by atoms with E-state index in [1.54, 1.807) is 24.3 Å². The van der Waals surface area contributed by atoms with Gasteiger partial charge in [0.25, 0.3) is 15.7 Å². The minimum absolute atomic E-state index is 0.105. The summed E-state index contributed by atoms with van der Waals surface area (Å²) in [5.74, 6) is 0.793. The molecule has 9 nitrogen and oxygen atoms in total. The molecule has 1 fully saturated rings. The lowest BCUT2D eigenvalue weighted by Gasteiger charge is -2.34. The van der Waals surface area contributed by atoms with Gasteiger partial charge in [-0.3, -0.25) is 20.3 Å². The number of nitro groups is 1. The summed E-state index contributed by atoms with van der Waals surface area (Å²) in [4.78, 5) is 10.4. The number of hydrogen-bond donors (Lipinski definition) is 2. The lowest BCUT2D eigenvalue weighted by molar-refractivity contribution is -0.385. The number of sulfonamides is 1. The van der Waals surface area contributed by atoms with E-state index >= 15 is 0 Å². The van der Waals surface area contributed by atoms with E-state index in [1.165, 1.54) is 19.2 Å². The zero-order chi connectivity index (χ0) is 23.5. The van der Waals surface area contributed by atoms with Crippen molar-refractivity contribution in [1.82, 2.24) is 0 Å². The Morgan fingerprint density at radius 1 is 1.19 bits per heavy atom. The molecule has 0 aromatic heterocycles. The largest absolute Gasteiger partial charge is 0.495 e. The van der Waals surface area contributed by atoms with Crippen molar-refractivity contribution < 1.29 is 18.1 Å². The van der Waals surface area contributed by atoms with Gasteiger partial charge < -0.3 is 4.74 Å². The van der Waals surface area contributed by atoms with Gasteiger partial charge in [-0.2, -0.15) is 5.10 Å². The van der Waals surface area contributed by atoms with Crippen LogP contribution in [0, 0.1) is 21.4 Å². The van der Waals surface area contributed by atoms with E-state index in [4.69, 9.17) is 4.74 Å². The summed E-state index contributed by atoms with van der Waals surface area (Å²) >= 11 is 0. The van der Waals surface area contributed by atoms with Gasteiger partial charge in [-0.1, -0.05) is 32.9 Å². The van der Waals surface area contributed by atoms with E-state index < -0.39 is 14.9 Å². The number of para-hydroxylation sites is 2. The van der Waals surface area contributed by atoms with Gasteiger partial charge in [-0.05, 0) is 48.8 Å². The molecule has 172 valence electrons. The molecule has 0 bridgehead atoms. The summed E-state index contributed by atoms with van der Waals surface area (Å²) < 4.78 is 34.0. The molecule has 1 unspecified atom stereocenters. The molecule has 0 heterocycles. The number of anilines is 2. The van der Waals surface area contributed by atoms with Gasteiger partial charge in [-0.25, -0.2) is 8.42 Å². The first-order valence-electron chi connectivity index (χ1n) is 10.3. The van der Waals surface area contributed by atoms with E-state index in [-0.39, 0.29) is 27.4 Å². The zero-order valence-corrected chi connectivity index (χ0v) is 19.4. The fraction of sp³-hybridized carbons (Fsp3) is 0.409. The van der Waals surface area contributed by atoms with Crippen molar-refractivity contribution in [2.75, 3.05) is 17.3 Å². The molecular formula is C22H28N4O5S. The third-order valence-electron chi connectivity index (χ3n) is 5.32. The van der Waals surface area contributed by atoms with Gasteiger partial charge in [0.1, 0.15) is 10.6 Å². The van der Waals surface area contributed by atoms with Crippen LogP contribution >= 0.6 is 0 Å². The third-order valence-corrected chi connectivity index (χ3v) is 6.72. The van der Waals surface area contributed by atoms with Crippen LogP contribution in [0.5, 0.6) is 5.75 Å². The lowest BCUT2D eigenvalue weighted by atomic mass is 9.72. The molecule has 0 amide bonds. The van der Waals surface area contributed by atoms with Crippen LogP contribution < -0.4 is 14.9 Å². The first kappa shape index (κ1) is 23.5. The van der Waals surface area contributed by atoms with Crippen LogP contribution in [0.3, 0.4) is 0 Å². The van der Waals surface area contributed by atoms with Crippen LogP contribution in [-0.4, -0.2) is 26.2 Å². The Labute approximate surface area is 188 Å². The molecule has 0 spiro atoms. The molecule has 1 aliphatic rings. The number of hydrazone groups is 1. The lowest BCUT2D eigenvalue weighted by Crippen LogP contribution is -2.28. The summed E-state index contributed by atoms with van der Waals surface area (Å²) in [5.41, 5.74) is 3.93. The quantitative estimate of drug-likeness (QED) is 0.442. The highest BCUT2D eigenvalue weighted by Crippen LogP contribution is 2.37. The normalized spacial score (nSPS) is 19.4. The molecule has 0 aliphatic heterocycles. The summed E-state index contributed by atoms with van der Waals surface area (Å²) in [5, 5.41) is 15.8. The second kappa shape index (κ2) is 9.15. The van der Waals surface area contributed by atoms with Crippen LogP contribution in [0.25, 0.3) is 0 Å². The number of ether oxygens (including phenoxy) is 1. The van der Waals surface area contributed by atoms with Crippen LogP contribution in [0.1, 0.15) is 40.0 Å². The fourth-order valence-corrected chi connectivity index (χ4v) is 5.45. The van der Waals surface area contributed by atoms with E-state index in [0.29, 0.717) is 11.7 Å². The van der Waals surface area contributed by atoms with Crippen molar-refractivity contribution in [3.05, 3.63) is 52.6 Å².